The molecule has 0 aliphatic carbocycles. The fourth-order valence-electron chi connectivity index (χ4n) is 2.03. The summed E-state index contributed by atoms with van der Waals surface area (Å²) in [5.74, 6) is 0.0699. The van der Waals surface area contributed by atoms with Crippen LogP contribution in [0.3, 0.4) is 0 Å². The molecule has 1 aliphatic heterocycles. The van der Waals surface area contributed by atoms with E-state index >= 15 is 0 Å². The van der Waals surface area contributed by atoms with Crippen molar-refractivity contribution in [3.8, 4) is 0 Å². The predicted octanol–water partition coefficient (Wildman–Crippen LogP) is -2.25. The summed E-state index contributed by atoms with van der Waals surface area (Å²) in [4.78, 5) is 15.3. The van der Waals surface area contributed by atoms with Crippen LogP contribution in [0.25, 0.3) is 0 Å². The van der Waals surface area contributed by atoms with Gasteiger partial charge in [-0.2, -0.15) is 4.98 Å². The fourth-order valence-corrected chi connectivity index (χ4v) is 2.03. The molecule has 0 saturated carbocycles. The minimum Gasteiger partial charge on any atom is -0.394 e. The van der Waals surface area contributed by atoms with Crippen LogP contribution in [0.15, 0.2) is 10.9 Å². The highest BCUT2D eigenvalue weighted by atomic mass is 16.6. The van der Waals surface area contributed by atoms with E-state index in [-0.39, 0.29) is 5.82 Å². The summed E-state index contributed by atoms with van der Waals surface area (Å²) >= 11 is 0. The molecule has 2 rings (SSSR count). The zero-order valence-electron chi connectivity index (χ0n) is 9.72. The van der Waals surface area contributed by atoms with Gasteiger partial charge in [0.15, 0.2) is 6.23 Å². The first-order valence-electron chi connectivity index (χ1n) is 5.44. The van der Waals surface area contributed by atoms with Gasteiger partial charge in [-0.1, -0.05) is 0 Å². The number of nitrogens with two attached hydrogens (primary N) is 1. The molecule has 18 heavy (non-hydrogen) atoms. The molecule has 1 aliphatic rings. The van der Waals surface area contributed by atoms with Crippen molar-refractivity contribution in [2.45, 2.75) is 31.5 Å². The molecule has 0 spiro atoms. The van der Waals surface area contributed by atoms with Crippen LogP contribution in [0.1, 0.15) is 11.9 Å². The number of hydrogen-bond acceptors (Lipinski definition) is 7. The van der Waals surface area contributed by atoms with Crippen LogP contribution in [0.4, 0.5) is 5.82 Å². The Labute approximate surface area is 102 Å². The van der Waals surface area contributed by atoms with Crippen molar-refractivity contribution in [1.29, 1.82) is 0 Å². The Balaban J connectivity index is 2.42. The number of aliphatic hydroxyl groups excluding tert-OH is 3. The van der Waals surface area contributed by atoms with Gasteiger partial charge >= 0.3 is 5.69 Å². The third-order valence-electron chi connectivity index (χ3n) is 2.94. The van der Waals surface area contributed by atoms with Crippen molar-refractivity contribution in [3.05, 3.63) is 22.2 Å². The van der Waals surface area contributed by atoms with E-state index in [1.807, 2.05) is 0 Å². The van der Waals surface area contributed by atoms with E-state index < -0.39 is 36.8 Å². The van der Waals surface area contributed by atoms with Gasteiger partial charge in [0.25, 0.3) is 0 Å². The Kier molecular flexibility index (Phi) is 3.35. The lowest BCUT2D eigenvalue weighted by atomic mass is 10.1. The lowest BCUT2D eigenvalue weighted by Gasteiger charge is -2.19. The zero-order valence-corrected chi connectivity index (χ0v) is 9.72. The minimum atomic E-state index is -1.32. The first kappa shape index (κ1) is 13.0. The molecule has 4 atom stereocenters. The van der Waals surface area contributed by atoms with Crippen LogP contribution >= 0.6 is 0 Å². The maximum Gasteiger partial charge on any atom is 0.351 e. The number of rotatable bonds is 2. The second kappa shape index (κ2) is 4.65. The van der Waals surface area contributed by atoms with Crippen LogP contribution in [0.2, 0.25) is 0 Å². The number of anilines is 1. The molecule has 0 amide bonds. The Morgan fingerprint density at radius 2 is 2.17 bits per heavy atom. The van der Waals surface area contributed by atoms with E-state index in [1.165, 1.54) is 6.07 Å². The second-order valence-corrected chi connectivity index (χ2v) is 4.20. The first-order chi connectivity index (χ1) is 8.45. The van der Waals surface area contributed by atoms with E-state index in [0.717, 1.165) is 4.57 Å². The number of aryl methyl sites for hydroxylation is 1. The Morgan fingerprint density at radius 3 is 2.67 bits per heavy atom. The van der Waals surface area contributed by atoms with Crippen LogP contribution in [0, 0.1) is 6.92 Å². The van der Waals surface area contributed by atoms with Crippen molar-refractivity contribution in [3.63, 3.8) is 0 Å². The molecule has 0 aromatic carbocycles. The van der Waals surface area contributed by atoms with Crippen LogP contribution < -0.4 is 11.4 Å². The van der Waals surface area contributed by atoms with E-state index in [9.17, 15) is 15.0 Å². The molecular formula is C10H15N3O5. The van der Waals surface area contributed by atoms with Crippen LogP contribution in [-0.2, 0) is 4.74 Å². The molecule has 1 aromatic heterocycles. The number of ether oxygens (including phenoxy) is 1. The summed E-state index contributed by atoms with van der Waals surface area (Å²) in [6.45, 7) is 1.15. The maximum atomic E-state index is 11.7. The molecule has 1 aromatic rings. The topological polar surface area (TPSA) is 131 Å². The maximum absolute atomic E-state index is 11.7. The van der Waals surface area contributed by atoms with Gasteiger partial charge in [-0.05, 0) is 13.0 Å². The molecule has 100 valence electrons. The highest BCUT2D eigenvalue weighted by Crippen LogP contribution is 2.28. The summed E-state index contributed by atoms with van der Waals surface area (Å²) < 4.78 is 6.35. The van der Waals surface area contributed by atoms with Crippen molar-refractivity contribution >= 4 is 5.82 Å². The molecule has 5 N–H and O–H groups in total. The van der Waals surface area contributed by atoms with E-state index in [1.54, 1.807) is 6.92 Å². The quantitative estimate of drug-likeness (QED) is 0.470. The van der Waals surface area contributed by atoms with Gasteiger partial charge in [-0.15, -0.1) is 0 Å². The third kappa shape index (κ3) is 1.99. The highest BCUT2D eigenvalue weighted by Gasteiger charge is 2.44. The third-order valence-corrected chi connectivity index (χ3v) is 2.94. The lowest BCUT2D eigenvalue weighted by Crippen LogP contribution is -2.37. The second-order valence-electron chi connectivity index (χ2n) is 4.20. The summed E-state index contributed by atoms with van der Waals surface area (Å²) in [5.41, 5.74) is 5.19. The van der Waals surface area contributed by atoms with Gasteiger partial charge in [0, 0.05) is 5.69 Å². The molecule has 0 radical (unpaired) electrons. The summed E-state index contributed by atoms with van der Waals surface area (Å²) in [6.07, 6.45) is -4.60. The van der Waals surface area contributed by atoms with Crippen molar-refractivity contribution < 1.29 is 20.1 Å². The van der Waals surface area contributed by atoms with Gasteiger partial charge in [0.05, 0.1) is 6.61 Å². The number of nitrogens with zero attached hydrogens (tertiary/aromatic N) is 2. The Morgan fingerprint density at radius 1 is 1.50 bits per heavy atom. The minimum absolute atomic E-state index is 0.0699. The molecule has 1 fully saturated rings. The van der Waals surface area contributed by atoms with Gasteiger partial charge in [0.1, 0.15) is 24.1 Å². The van der Waals surface area contributed by atoms with Crippen molar-refractivity contribution in [2.75, 3.05) is 12.3 Å². The summed E-state index contributed by atoms with van der Waals surface area (Å²) in [6, 6.07) is 1.45. The predicted molar refractivity (Wildman–Crippen MR) is 60.7 cm³/mol. The van der Waals surface area contributed by atoms with E-state index in [0.29, 0.717) is 5.69 Å². The highest BCUT2D eigenvalue weighted by molar-refractivity contribution is 5.28. The SMILES string of the molecule is Cc1cc(N)nc(=O)n1[C@H]1O[C@@H](CO)[C@@H](O)[C@H]1O. The number of nitrogen functional groups attached to an aromatic ring is 1. The van der Waals surface area contributed by atoms with Gasteiger partial charge in [-0.25, -0.2) is 4.79 Å². The lowest BCUT2D eigenvalue weighted by molar-refractivity contribution is -0.0558. The smallest absolute Gasteiger partial charge is 0.351 e. The molecule has 2 heterocycles. The van der Waals surface area contributed by atoms with Crippen LogP contribution in [-0.4, -0.2) is 49.8 Å². The average Bonchev–Trinajstić information content (AvgIpc) is 2.56. The standard InChI is InChI=1S/C10H15N3O5/c1-4-2-6(11)12-10(17)13(4)9-8(16)7(15)5(3-14)18-9/h2,5,7-9,14-16H,3H2,1H3,(H2,11,12,17)/t5-,7+,8+,9-/m0/s1. The largest absolute Gasteiger partial charge is 0.394 e. The van der Waals surface area contributed by atoms with Gasteiger partial charge in [0.2, 0.25) is 0 Å². The van der Waals surface area contributed by atoms with Gasteiger partial charge in [-0.3, -0.25) is 4.57 Å². The van der Waals surface area contributed by atoms with Crippen molar-refractivity contribution in [2.24, 2.45) is 0 Å². The average molecular weight is 257 g/mol. The first-order valence-corrected chi connectivity index (χ1v) is 5.44. The summed E-state index contributed by atoms with van der Waals surface area (Å²) in [7, 11) is 0. The van der Waals surface area contributed by atoms with Crippen molar-refractivity contribution in [1.82, 2.24) is 9.55 Å². The zero-order chi connectivity index (χ0) is 13.4. The molecule has 1 saturated heterocycles. The molecule has 0 bridgehead atoms. The number of aliphatic hydroxyl groups is 3. The molecular weight excluding hydrogens is 242 g/mol. The molecule has 8 nitrogen and oxygen atoms in total. The van der Waals surface area contributed by atoms with E-state index in [4.69, 9.17) is 15.6 Å². The normalized spacial score (nSPS) is 31.8. The Bertz CT molecular complexity index is 503. The number of hydrogen-bond donors (Lipinski definition) is 4. The van der Waals surface area contributed by atoms with Crippen LogP contribution in [0.5, 0.6) is 0 Å². The van der Waals surface area contributed by atoms with Gasteiger partial charge < -0.3 is 25.8 Å². The fraction of sp³-hybridized carbons (Fsp3) is 0.600. The monoisotopic (exact) mass is 257 g/mol. The van der Waals surface area contributed by atoms with E-state index in [2.05, 4.69) is 4.98 Å². The Hall–Kier alpha value is -1.48. The molecule has 8 heteroatoms. The summed E-state index contributed by atoms with van der Waals surface area (Å²) in [5, 5.41) is 28.4. The number of aromatic nitrogens is 2. The molecule has 0 unspecified atom stereocenters.